The summed E-state index contributed by atoms with van der Waals surface area (Å²) in [5, 5.41) is 39.3. The molecule has 0 spiro atoms. The van der Waals surface area contributed by atoms with E-state index in [1.165, 1.54) is 6.92 Å². The summed E-state index contributed by atoms with van der Waals surface area (Å²) in [4.78, 5) is 42.9. The molecule has 1 aliphatic heterocycles. The molecule has 3 atom stereocenters. The third-order valence-corrected chi connectivity index (χ3v) is 8.30. The number of benzene rings is 4. The number of nitrogens with zero attached hydrogens (tertiary/aromatic N) is 2. The quantitative estimate of drug-likeness (QED) is 0.194. The van der Waals surface area contributed by atoms with E-state index in [1.54, 1.807) is 121 Å². The molecule has 0 aromatic heterocycles. The molecule has 0 radical (unpaired) electrons. The van der Waals surface area contributed by atoms with E-state index in [1.807, 2.05) is 0 Å². The fourth-order valence-electron chi connectivity index (χ4n) is 6.26. The smallest absolute Gasteiger partial charge is 0.548 e. The fourth-order valence-corrected chi connectivity index (χ4v) is 6.26. The van der Waals surface area contributed by atoms with Crippen LogP contribution in [0, 0.1) is 5.92 Å². The van der Waals surface area contributed by atoms with Crippen LogP contribution in [0.4, 0.5) is 4.79 Å². The van der Waals surface area contributed by atoms with Crippen molar-refractivity contribution in [3.63, 3.8) is 0 Å². The fraction of sp³-hybridized carbons (Fsp3) is 0.206. The van der Waals surface area contributed by atoms with Crippen molar-refractivity contribution in [3.8, 4) is 0 Å². The van der Waals surface area contributed by atoms with Crippen molar-refractivity contribution in [3.05, 3.63) is 144 Å². The molecule has 4 aromatic rings. The first-order chi connectivity index (χ1) is 20.2. The Kier molecular flexibility index (Phi) is 11.3. The number of carboxylic acid groups (broad SMARTS) is 2. The molecule has 1 saturated heterocycles. The van der Waals surface area contributed by atoms with E-state index in [0.29, 0.717) is 22.3 Å². The van der Waals surface area contributed by atoms with Gasteiger partial charge in [-0.05, 0) is 22.3 Å². The molecule has 1 heterocycles. The van der Waals surface area contributed by atoms with E-state index >= 15 is 0 Å². The number of hydrogen-bond donors (Lipinski definition) is 1. The Morgan fingerprint density at radius 2 is 1.14 bits per heavy atom. The van der Waals surface area contributed by atoms with E-state index in [2.05, 4.69) is 0 Å². The second-order valence-corrected chi connectivity index (χ2v) is 10.5. The summed E-state index contributed by atoms with van der Waals surface area (Å²) in [5.74, 6) is -5.03. The van der Waals surface area contributed by atoms with Crippen LogP contribution in [0.2, 0.25) is 0 Å². The van der Waals surface area contributed by atoms with Crippen LogP contribution in [0.3, 0.4) is 0 Å². The molecule has 1 fully saturated rings. The number of carbonyl (C=O) groups is 3. The zero-order valence-electron chi connectivity index (χ0n) is 25.0. The Bertz CT molecular complexity index is 1520. The van der Waals surface area contributed by atoms with Gasteiger partial charge in [-0.1, -0.05) is 128 Å². The standard InChI is InChI=1S/C34H32N2O6.2Li/c1-24(34(42,27-18-10-4-11-19-27)28-20-12-5-13-21-28)33(31(39)40)29(30(37)38)35(22-25-14-6-2-7-15-25)32(41)36(33)23-26-16-8-3-9-17-26;;/h2-21,24,29,42H,22-23H2,1H3,(H,37,38)(H,39,40);;/q;2*+1/p-2/t24-,29+,33+;;/m0../s1. The number of aliphatic hydroxyl groups is 1. The number of carboxylic acids is 2. The summed E-state index contributed by atoms with van der Waals surface area (Å²) in [6.45, 7) is 1.01. The number of amides is 2. The Morgan fingerprint density at radius 1 is 0.750 bits per heavy atom. The monoisotopic (exact) mass is 576 g/mol. The third kappa shape index (κ3) is 5.97. The average molecular weight is 577 g/mol. The predicted octanol–water partition coefficient (Wildman–Crippen LogP) is -3.69. The number of hydrogen-bond acceptors (Lipinski definition) is 6. The van der Waals surface area contributed by atoms with Crippen LogP contribution in [0.1, 0.15) is 29.2 Å². The van der Waals surface area contributed by atoms with Crippen molar-refractivity contribution in [1.82, 2.24) is 9.80 Å². The van der Waals surface area contributed by atoms with Crippen LogP contribution in [0.15, 0.2) is 121 Å². The SMILES string of the molecule is C[C@H](C(O)(c1ccccc1)c1ccccc1)[C@]1(C(=O)[O-])[C@@H](C(=O)[O-])N(Cc2ccccc2)C(=O)N1Cc1ccccc1.[Li+].[Li+]. The molecule has 1 N–H and O–H groups in total. The molecule has 0 aliphatic carbocycles. The minimum atomic E-state index is -2.57. The molecule has 10 heteroatoms. The Balaban J connectivity index is 0.00000264. The van der Waals surface area contributed by atoms with Gasteiger partial charge in [0.1, 0.15) is 17.2 Å². The number of rotatable bonds is 10. The van der Waals surface area contributed by atoms with E-state index in [9.17, 15) is 29.7 Å². The van der Waals surface area contributed by atoms with Gasteiger partial charge in [-0.2, -0.15) is 0 Å². The molecule has 5 rings (SSSR count). The van der Waals surface area contributed by atoms with Crippen molar-refractivity contribution < 1.29 is 67.4 Å². The number of aliphatic carboxylic acids is 2. The van der Waals surface area contributed by atoms with Gasteiger partial charge in [0.05, 0.1) is 11.9 Å². The van der Waals surface area contributed by atoms with E-state index in [0.717, 1.165) is 9.80 Å². The average Bonchev–Trinajstić information content (AvgIpc) is 3.26. The van der Waals surface area contributed by atoms with Gasteiger partial charge < -0.3 is 34.7 Å². The van der Waals surface area contributed by atoms with E-state index < -0.39 is 41.1 Å². The zero-order chi connectivity index (χ0) is 29.9. The van der Waals surface area contributed by atoms with Crippen molar-refractivity contribution in [1.29, 1.82) is 0 Å². The largest absolute Gasteiger partial charge is 1.00 e. The first-order valence-electron chi connectivity index (χ1n) is 13.6. The summed E-state index contributed by atoms with van der Waals surface area (Å²) in [7, 11) is 0. The van der Waals surface area contributed by atoms with Crippen molar-refractivity contribution in [2.45, 2.75) is 37.2 Å². The maximum atomic E-state index is 14.2. The second kappa shape index (κ2) is 14.4. The molecule has 0 bridgehead atoms. The predicted molar refractivity (Wildman–Crippen MR) is 151 cm³/mol. The summed E-state index contributed by atoms with van der Waals surface area (Å²) >= 11 is 0. The summed E-state index contributed by atoms with van der Waals surface area (Å²) in [6, 6.07) is 31.4. The van der Waals surface area contributed by atoms with Crippen LogP contribution in [0.5, 0.6) is 0 Å². The van der Waals surface area contributed by atoms with Crippen LogP contribution < -0.4 is 47.9 Å². The van der Waals surface area contributed by atoms with Gasteiger partial charge in [-0.25, -0.2) is 4.79 Å². The van der Waals surface area contributed by atoms with E-state index in [4.69, 9.17) is 0 Å². The van der Waals surface area contributed by atoms with Gasteiger partial charge in [0, 0.05) is 19.0 Å². The molecular weight excluding hydrogens is 546 g/mol. The van der Waals surface area contributed by atoms with Crippen LogP contribution in [-0.2, 0) is 28.3 Å². The van der Waals surface area contributed by atoms with Crippen molar-refractivity contribution in [2.24, 2.45) is 5.92 Å². The van der Waals surface area contributed by atoms with Crippen molar-refractivity contribution in [2.75, 3.05) is 0 Å². The van der Waals surface area contributed by atoms with Crippen LogP contribution in [-0.4, -0.2) is 44.5 Å². The van der Waals surface area contributed by atoms with Gasteiger partial charge in [0.25, 0.3) is 0 Å². The number of urea groups is 1. The molecule has 44 heavy (non-hydrogen) atoms. The van der Waals surface area contributed by atoms with E-state index in [-0.39, 0.29) is 50.8 Å². The molecule has 2 amide bonds. The van der Waals surface area contributed by atoms with Crippen LogP contribution in [0.25, 0.3) is 0 Å². The topological polar surface area (TPSA) is 124 Å². The Labute approximate surface area is 280 Å². The van der Waals surface area contributed by atoms with Gasteiger partial charge in [0.2, 0.25) is 0 Å². The zero-order valence-corrected chi connectivity index (χ0v) is 25.0. The number of carbonyl (C=O) groups excluding carboxylic acids is 3. The molecular formula is C34H30Li2N2O6. The van der Waals surface area contributed by atoms with Gasteiger partial charge >= 0.3 is 43.8 Å². The Hall–Kier alpha value is -3.76. The molecule has 0 unspecified atom stereocenters. The molecule has 1 aliphatic rings. The second-order valence-electron chi connectivity index (χ2n) is 10.5. The normalized spacial score (nSPS) is 18.6. The Morgan fingerprint density at radius 3 is 1.52 bits per heavy atom. The molecule has 4 aromatic carbocycles. The minimum Gasteiger partial charge on any atom is -0.548 e. The molecule has 0 saturated carbocycles. The van der Waals surface area contributed by atoms with Crippen molar-refractivity contribution >= 4 is 18.0 Å². The summed E-state index contributed by atoms with van der Waals surface area (Å²) in [6.07, 6.45) is 0. The van der Waals surface area contributed by atoms with Gasteiger partial charge in [-0.15, -0.1) is 0 Å². The first-order valence-corrected chi connectivity index (χ1v) is 13.6. The summed E-state index contributed by atoms with van der Waals surface area (Å²) < 4.78 is 0. The minimum absolute atomic E-state index is 0. The van der Waals surface area contributed by atoms with Crippen LogP contribution >= 0.6 is 0 Å². The third-order valence-electron chi connectivity index (χ3n) is 8.30. The van der Waals surface area contributed by atoms with Gasteiger partial charge in [0.15, 0.2) is 0 Å². The maximum Gasteiger partial charge on any atom is 1.00 e. The molecule has 8 nitrogen and oxygen atoms in total. The first kappa shape index (κ1) is 34.7. The van der Waals surface area contributed by atoms with Gasteiger partial charge in [-0.3, -0.25) is 0 Å². The summed E-state index contributed by atoms with van der Waals surface area (Å²) in [5.41, 5.74) is -2.80. The molecule has 214 valence electrons. The maximum absolute atomic E-state index is 14.2.